The molecule has 1 aliphatic rings. The molecule has 0 fully saturated rings. The number of rotatable bonds is 6. The summed E-state index contributed by atoms with van der Waals surface area (Å²) in [7, 11) is 1.42. The number of carboxylic acid groups (broad SMARTS) is 2. The molecule has 3 rings (SSSR count). The predicted octanol–water partition coefficient (Wildman–Crippen LogP) is 3.61. The number of methoxy groups -OCH3 is 1. The van der Waals surface area contributed by atoms with Crippen LogP contribution in [0.3, 0.4) is 0 Å². The number of hydrogen-bond acceptors (Lipinski definition) is 6. The number of aliphatic carboxylic acids is 2. The molecule has 7 nitrogen and oxygen atoms in total. The highest BCUT2D eigenvalue weighted by atomic mass is 35.5. The Morgan fingerprint density at radius 2 is 1.83 bits per heavy atom. The van der Waals surface area contributed by atoms with Crippen molar-refractivity contribution in [2.75, 3.05) is 13.7 Å². The van der Waals surface area contributed by atoms with E-state index >= 15 is 0 Å². The average Bonchev–Trinajstić information content (AvgIpc) is 3.16. The number of carbonyl (C=O) groups is 3. The number of thiophene rings is 1. The molecule has 0 spiro atoms. The first-order valence-corrected chi connectivity index (χ1v) is 10.1. The number of halogens is 1. The highest BCUT2D eigenvalue weighted by Gasteiger charge is 2.32. The maximum atomic E-state index is 12.3. The van der Waals surface area contributed by atoms with Crippen LogP contribution in [-0.4, -0.2) is 46.7 Å². The summed E-state index contributed by atoms with van der Waals surface area (Å²) in [4.78, 5) is 35.1. The number of fused-ring (bicyclic) bond motifs is 1. The number of benzene rings is 1. The van der Waals surface area contributed by atoms with Crippen LogP contribution < -0.4 is 0 Å². The second kappa shape index (κ2) is 10.9. The molecule has 2 N–H and O–H groups in total. The first-order chi connectivity index (χ1) is 13.8. The maximum Gasteiger partial charge on any atom is 0.327 e. The van der Waals surface area contributed by atoms with Gasteiger partial charge in [-0.3, -0.25) is 14.5 Å². The third-order valence-corrected chi connectivity index (χ3v) is 5.75. The fraction of sp³-hybridized carbons (Fsp3) is 0.350. The molecule has 1 atom stereocenters. The molecule has 0 radical (unpaired) electrons. The molecule has 2 heterocycles. The third kappa shape index (κ3) is 6.56. The van der Waals surface area contributed by atoms with E-state index in [1.165, 1.54) is 17.6 Å². The summed E-state index contributed by atoms with van der Waals surface area (Å²) >= 11 is 8.07. The van der Waals surface area contributed by atoms with Crippen molar-refractivity contribution in [1.29, 1.82) is 0 Å². The number of carboxylic acids is 2. The molecule has 0 bridgehead atoms. The zero-order valence-corrected chi connectivity index (χ0v) is 17.4. The van der Waals surface area contributed by atoms with Gasteiger partial charge in [-0.05, 0) is 35.1 Å². The van der Waals surface area contributed by atoms with Crippen LogP contribution in [0.2, 0.25) is 5.02 Å². The Kier molecular flexibility index (Phi) is 8.63. The standard InChI is InChI=1S/C16H16ClNO2S.C4H6O4/c1-20-16(19)15(12-4-2-3-5-13(12)17)18-8-6-14-11(10-18)7-9-21-14;5-3(6)1-2-4(7)8/h2-5,7,9,15H,6,8,10H2,1H3;1-2H2,(H,5,6)(H,7,8)/t15-;/m0./s1. The minimum absolute atomic E-state index is 0.262. The molecule has 29 heavy (non-hydrogen) atoms. The van der Waals surface area contributed by atoms with Gasteiger partial charge in [0.05, 0.1) is 20.0 Å². The van der Waals surface area contributed by atoms with Gasteiger partial charge in [-0.2, -0.15) is 0 Å². The van der Waals surface area contributed by atoms with Gasteiger partial charge in [-0.25, -0.2) is 4.79 Å². The second-order valence-electron chi connectivity index (χ2n) is 6.32. The van der Waals surface area contributed by atoms with Crippen LogP contribution in [0.1, 0.15) is 34.9 Å². The summed E-state index contributed by atoms with van der Waals surface area (Å²) in [5, 5.41) is 18.5. The topological polar surface area (TPSA) is 104 Å². The van der Waals surface area contributed by atoms with E-state index in [1.54, 1.807) is 11.3 Å². The first-order valence-electron chi connectivity index (χ1n) is 8.88. The SMILES string of the molecule is COC(=O)[C@H](c1ccccc1Cl)N1CCc2sccc2C1.O=C(O)CCC(=O)O. The molecule has 2 aromatic rings. The molecule has 1 aromatic carbocycles. The van der Waals surface area contributed by atoms with Crippen molar-refractivity contribution >= 4 is 40.8 Å². The number of hydrogen-bond donors (Lipinski definition) is 2. The van der Waals surface area contributed by atoms with Gasteiger partial charge < -0.3 is 14.9 Å². The van der Waals surface area contributed by atoms with Gasteiger partial charge in [-0.1, -0.05) is 29.8 Å². The minimum atomic E-state index is -1.08. The Bertz CT molecular complexity index is 854. The molecule has 156 valence electrons. The molecule has 9 heteroatoms. The van der Waals surface area contributed by atoms with Crippen LogP contribution in [0, 0.1) is 0 Å². The zero-order valence-electron chi connectivity index (χ0n) is 15.8. The van der Waals surface area contributed by atoms with Crippen LogP contribution in [0.25, 0.3) is 0 Å². The fourth-order valence-corrected chi connectivity index (χ4v) is 4.11. The molecule has 0 unspecified atom stereocenters. The molecule has 0 aliphatic carbocycles. The molecule has 1 aliphatic heterocycles. The summed E-state index contributed by atoms with van der Waals surface area (Å²) in [6, 6.07) is 9.16. The van der Waals surface area contributed by atoms with E-state index in [0.717, 1.165) is 25.1 Å². The van der Waals surface area contributed by atoms with Gasteiger partial charge in [-0.15, -0.1) is 11.3 Å². The molecular formula is C20H22ClNO6S. The lowest BCUT2D eigenvalue weighted by Gasteiger charge is -2.33. The van der Waals surface area contributed by atoms with Crippen molar-refractivity contribution in [2.24, 2.45) is 0 Å². The Labute approximate surface area is 177 Å². The van der Waals surface area contributed by atoms with Gasteiger partial charge >= 0.3 is 17.9 Å². The maximum absolute atomic E-state index is 12.3. The summed E-state index contributed by atoms with van der Waals surface area (Å²) in [6.07, 6.45) is 0.371. The summed E-state index contributed by atoms with van der Waals surface area (Å²) in [5.74, 6) is -2.42. The van der Waals surface area contributed by atoms with Crippen molar-refractivity contribution in [1.82, 2.24) is 4.90 Å². The highest BCUT2D eigenvalue weighted by Crippen LogP contribution is 2.33. The lowest BCUT2D eigenvalue weighted by molar-refractivity contribution is -0.147. The third-order valence-electron chi connectivity index (χ3n) is 4.38. The lowest BCUT2D eigenvalue weighted by atomic mass is 10.0. The van der Waals surface area contributed by atoms with Gasteiger partial charge in [0.15, 0.2) is 0 Å². The van der Waals surface area contributed by atoms with Crippen molar-refractivity contribution in [3.8, 4) is 0 Å². The van der Waals surface area contributed by atoms with E-state index in [0.29, 0.717) is 5.02 Å². The number of carbonyl (C=O) groups excluding carboxylic acids is 1. The van der Waals surface area contributed by atoms with E-state index in [4.69, 9.17) is 26.6 Å². The van der Waals surface area contributed by atoms with Crippen LogP contribution in [0.15, 0.2) is 35.7 Å². The van der Waals surface area contributed by atoms with E-state index in [-0.39, 0.29) is 18.8 Å². The first kappa shape index (κ1) is 22.9. The van der Waals surface area contributed by atoms with E-state index in [1.807, 2.05) is 24.3 Å². The molecule has 0 saturated carbocycles. The number of ether oxygens (including phenoxy) is 1. The minimum Gasteiger partial charge on any atom is -0.481 e. The van der Waals surface area contributed by atoms with E-state index < -0.39 is 18.0 Å². The normalized spacial score (nSPS) is 14.1. The van der Waals surface area contributed by atoms with Crippen LogP contribution in [0.4, 0.5) is 0 Å². The predicted molar refractivity (Wildman–Crippen MR) is 109 cm³/mol. The van der Waals surface area contributed by atoms with E-state index in [9.17, 15) is 14.4 Å². The van der Waals surface area contributed by atoms with Gasteiger partial charge in [0.25, 0.3) is 0 Å². The highest BCUT2D eigenvalue weighted by molar-refractivity contribution is 7.10. The zero-order chi connectivity index (χ0) is 21.4. The second-order valence-corrected chi connectivity index (χ2v) is 7.73. The van der Waals surface area contributed by atoms with Gasteiger partial charge in [0, 0.05) is 23.0 Å². The van der Waals surface area contributed by atoms with Crippen LogP contribution in [0.5, 0.6) is 0 Å². The summed E-state index contributed by atoms with van der Waals surface area (Å²) < 4.78 is 5.01. The van der Waals surface area contributed by atoms with Crippen molar-refractivity contribution in [3.63, 3.8) is 0 Å². The summed E-state index contributed by atoms with van der Waals surface area (Å²) in [6.45, 7) is 1.59. The Hall–Kier alpha value is -2.42. The van der Waals surface area contributed by atoms with Crippen molar-refractivity contribution in [3.05, 3.63) is 56.7 Å². The Balaban J connectivity index is 0.000000321. The van der Waals surface area contributed by atoms with E-state index in [2.05, 4.69) is 16.3 Å². The lowest BCUT2D eigenvalue weighted by Crippen LogP contribution is -2.38. The molecular weight excluding hydrogens is 418 g/mol. The van der Waals surface area contributed by atoms with Crippen LogP contribution in [-0.2, 0) is 32.1 Å². The molecule has 0 saturated heterocycles. The van der Waals surface area contributed by atoms with Gasteiger partial charge in [0.1, 0.15) is 6.04 Å². The number of nitrogens with zero attached hydrogens (tertiary/aromatic N) is 1. The van der Waals surface area contributed by atoms with Gasteiger partial charge in [0.2, 0.25) is 0 Å². The molecule has 1 aromatic heterocycles. The Morgan fingerprint density at radius 3 is 2.41 bits per heavy atom. The smallest absolute Gasteiger partial charge is 0.327 e. The number of esters is 1. The summed E-state index contributed by atoms with van der Waals surface area (Å²) in [5.41, 5.74) is 2.11. The fourth-order valence-electron chi connectivity index (χ4n) is 2.99. The quantitative estimate of drug-likeness (QED) is 0.662. The van der Waals surface area contributed by atoms with Crippen LogP contribution >= 0.6 is 22.9 Å². The monoisotopic (exact) mass is 439 g/mol. The molecule has 0 amide bonds. The Morgan fingerprint density at radius 1 is 1.17 bits per heavy atom. The largest absolute Gasteiger partial charge is 0.481 e. The van der Waals surface area contributed by atoms with Crippen molar-refractivity contribution < 1.29 is 29.3 Å². The average molecular weight is 440 g/mol. The van der Waals surface area contributed by atoms with Crippen molar-refractivity contribution in [2.45, 2.75) is 31.8 Å².